The first kappa shape index (κ1) is 16.1. The third kappa shape index (κ3) is 2.24. The average Bonchev–Trinajstić information content (AvgIpc) is 3.19. The van der Waals surface area contributed by atoms with E-state index in [1.54, 1.807) is 11.2 Å². The normalized spacial score (nSPS) is 18.5. The van der Waals surface area contributed by atoms with Crippen molar-refractivity contribution < 1.29 is 5.11 Å². The Hall–Kier alpha value is -3.36. The maximum Gasteiger partial charge on any atom is 0.333 e. The number of nitrogens with zero attached hydrogens (tertiary/aromatic N) is 5. The van der Waals surface area contributed by atoms with Crippen LogP contribution < -0.4 is 16.6 Å². The van der Waals surface area contributed by atoms with Crippen molar-refractivity contribution >= 4 is 12.2 Å². The molecule has 2 aliphatic heterocycles. The van der Waals surface area contributed by atoms with Gasteiger partial charge in [0.15, 0.2) is 0 Å². The van der Waals surface area contributed by atoms with Crippen LogP contribution in [0, 0.1) is 0 Å². The highest BCUT2D eigenvalue weighted by Gasteiger charge is 2.36. The van der Waals surface area contributed by atoms with Gasteiger partial charge in [-0.15, -0.1) is 0 Å². The molecule has 0 radical (unpaired) electrons. The molecule has 0 fully saturated rings. The van der Waals surface area contributed by atoms with Crippen molar-refractivity contribution in [1.82, 2.24) is 19.5 Å². The SMILES string of the molecule is Cn1c(O)c(C2c3ccccc3C=NN2C2=NCCN2)c(=O)n(C)c1=O. The van der Waals surface area contributed by atoms with Gasteiger partial charge in [0.25, 0.3) is 5.56 Å². The highest BCUT2D eigenvalue weighted by Crippen LogP contribution is 2.35. The Kier molecular flexibility index (Phi) is 3.64. The van der Waals surface area contributed by atoms with E-state index in [4.69, 9.17) is 0 Å². The lowest BCUT2D eigenvalue weighted by Crippen LogP contribution is -2.45. The van der Waals surface area contributed by atoms with Gasteiger partial charge in [-0.25, -0.2) is 14.8 Å². The third-order valence-corrected chi connectivity index (χ3v) is 4.67. The van der Waals surface area contributed by atoms with Gasteiger partial charge < -0.3 is 10.4 Å². The summed E-state index contributed by atoms with van der Waals surface area (Å²) in [7, 11) is 2.82. The molecule has 9 nitrogen and oxygen atoms in total. The lowest BCUT2D eigenvalue weighted by Gasteiger charge is -2.33. The number of aromatic hydroxyl groups is 1. The van der Waals surface area contributed by atoms with Gasteiger partial charge in [0.2, 0.25) is 11.8 Å². The summed E-state index contributed by atoms with van der Waals surface area (Å²) in [4.78, 5) is 29.4. The molecule has 26 heavy (non-hydrogen) atoms. The number of aromatic nitrogens is 2. The van der Waals surface area contributed by atoms with Crippen LogP contribution in [0.1, 0.15) is 22.7 Å². The number of rotatable bonds is 1. The summed E-state index contributed by atoms with van der Waals surface area (Å²) in [6.45, 7) is 1.28. The number of fused-ring (bicyclic) bond motifs is 1. The summed E-state index contributed by atoms with van der Waals surface area (Å²) in [6, 6.07) is 6.79. The van der Waals surface area contributed by atoms with Crippen molar-refractivity contribution in [3.05, 3.63) is 61.8 Å². The maximum absolute atomic E-state index is 12.9. The van der Waals surface area contributed by atoms with Gasteiger partial charge in [0, 0.05) is 26.2 Å². The second-order valence-electron chi connectivity index (χ2n) is 6.20. The Labute approximate surface area is 148 Å². The largest absolute Gasteiger partial charge is 0.494 e. The molecule has 3 heterocycles. The van der Waals surface area contributed by atoms with Crippen molar-refractivity contribution in [3.8, 4) is 5.88 Å². The molecule has 0 saturated carbocycles. The predicted molar refractivity (Wildman–Crippen MR) is 96.6 cm³/mol. The minimum absolute atomic E-state index is 0.0790. The van der Waals surface area contributed by atoms with Gasteiger partial charge in [-0.1, -0.05) is 24.3 Å². The number of guanidine groups is 1. The van der Waals surface area contributed by atoms with Crippen LogP contribution in [0.25, 0.3) is 0 Å². The van der Waals surface area contributed by atoms with Crippen molar-refractivity contribution in [2.75, 3.05) is 13.1 Å². The summed E-state index contributed by atoms with van der Waals surface area (Å²) < 4.78 is 2.04. The van der Waals surface area contributed by atoms with Crippen LogP contribution in [0.2, 0.25) is 0 Å². The minimum Gasteiger partial charge on any atom is -0.494 e. The van der Waals surface area contributed by atoms with E-state index in [9.17, 15) is 14.7 Å². The predicted octanol–water partition coefficient (Wildman–Crippen LogP) is -0.512. The van der Waals surface area contributed by atoms with Gasteiger partial charge in [0.1, 0.15) is 11.6 Å². The van der Waals surface area contributed by atoms with Gasteiger partial charge in [-0.2, -0.15) is 5.10 Å². The molecule has 0 spiro atoms. The molecule has 1 aromatic carbocycles. The highest BCUT2D eigenvalue weighted by molar-refractivity contribution is 5.89. The van der Waals surface area contributed by atoms with Crippen LogP contribution in [-0.2, 0) is 14.1 Å². The Morgan fingerprint density at radius 2 is 1.96 bits per heavy atom. The van der Waals surface area contributed by atoms with E-state index in [-0.39, 0.29) is 11.4 Å². The lowest BCUT2D eigenvalue weighted by molar-refractivity contribution is 0.330. The molecule has 2 aromatic rings. The molecule has 0 amide bonds. The number of hydrazone groups is 1. The average molecular weight is 354 g/mol. The minimum atomic E-state index is -0.703. The molecule has 1 atom stereocenters. The molecular formula is C17H18N6O3. The van der Waals surface area contributed by atoms with Crippen molar-refractivity contribution in [2.24, 2.45) is 24.2 Å². The Morgan fingerprint density at radius 3 is 2.69 bits per heavy atom. The summed E-state index contributed by atoms with van der Waals surface area (Å²) in [5.74, 6) is 0.148. The Bertz CT molecular complexity index is 1070. The van der Waals surface area contributed by atoms with Crippen LogP contribution in [0.15, 0.2) is 43.9 Å². The van der Waals surface area contributed by atoms with Crippen LogP contribution in [-0.4, -0.2) is 44.5 Å². The van der Waals surface area contributed by atoms with E-state index >= 15 is 0 Å². The number of aliphatic imine (C=N–C) groups is 1. The fourth-order valence-corrected chi connectivity index (χ4v) is 3.29. The standard InChI is InChI=1S/C17H18N6O3/c1-21-14(24)12(15(25)22(2)17(21)26)13-11-6-4-3-5-10(11)9-20-23(13)16-18-7-8-19-16/h3-6,9,13,24H,7-8H2,1-2H3,(H,18,19). The van der Waals surface area contributed by atoms with Gasteiger partial charge in [-0.3, -0.25) is 13.9 Å². The zero-order chi connectivity index (χ0) is 18.4. The van der Waals surface area contributed by atoms with Crippen LogP contribution in [0.4, 0.5) is 0 Å². The van der Waals surface area contributed by atoms with E-state index in [1.165, 1.54) is 14.1 Å². The molecule has 4 rings (SSSR count). The first-order valence-electron chi connectivity index (χ1n) is 8.20. The smallest absolute Gasteiger partial charge is 0.333 e. The quantitative estimate of drug-likeness (QED) is 0.718. The summed E-state index contributed by atoms with van der Waals surface area (Å²) in [5, 5.41) is 19.8. The molecule has 134 valence electrons. The van der Waals surface area contributed by atoms with Crippen molar-refractivity contribution in [2.45, 2.75) is 6.04 Å². The molecule has 2 aliphatic rings. The first-order chi connectivity index (χ1) is 12.5. The zero-order valence-electron chi connectivity index (χ0n) is 14.4. The van der Waals surface area contributed by atoms with Crippen LogP contribution in [0.3, 0.4) is 0 Å². The second kappa shape index (κ2) is 5.87. The number of hydrogen-bond acceptors (Lipinski definition) is 7. The fraction of sp³-hybridized carbons (Fsp3) is 0.294. The zero-order valence-corrected chi connectivity index (χ0v) is 14.4. The Balaban J connectivity index is 2.02. The van der Waals surface area contributed by atoms with Crippen molar-refractivity contribution in [1.29, 1.82) is 0 Å². The topological polar surface area (TPSA) is 104 Å². The van der Waals surface area contributed by atoms with E-state index in [0.717, 1.165) is 20.3 Å². The number of hydrogen-bond donors (Lipinski definition) is 2. The first-order valence-corrected chi connectivity index (χ1v) is 8.20. The number of nitrogens with one attached hydrogen (secondary N) is 1. The second-order valence-corrected chi connectivity index (χ2v) is 6.20. The van der Waals surface area contributed by atoms with Gasteiger partial charge in [0.05, 0.1) is 12.8 Å². The monoisotopic (exact) mass is 354 g/mol. The number of benzene rings is 1. The summed E-state index contributed by atoms with van der Waals surface area (Å²) in [6.07, 6.45) is 1.69. The Morgan fingerprint density at radius 1 is 1.19 bits per heavy atom. The lowest BCUT2D eigenvalue weighted by atomic mass is 9.94. The molecule has 0 bridgehead atoms. The summed E-state index contributed by atoms with van der Waals surface area (Å²) >= 11 is 0. The molecule has 1 aromatic heterocycles. The van der Waals surface area contributed by atoms with Gasteiger partial charge >= 0.3 is 5.69 Å². The van der Waals surface area contributed by atoms with E-state index in [1.807, 2.05) is 24.3 Å². The van der Waals surface area contributed by atoms with Crippen LogP contribution >= 0.6 is 0 Å². The van der Waals surface area contributed by atoms with E-state index in [2.05, 4.69) is 15.4 Å². The fourth-order valence-electron chi connectivity index (χ4n) is 3.29. The molecule has 2 N–H and O–H groups in total. The summed E-state index contributed by atoms with van der Waals surface area (Å²) in [5.41, 5.74) is 0.556. The molecule has 0 aliphatic carbocycles. The van der Waals surface area contributed by atoms with Crippen molar-refractivity contribution in [3.63, 3.8) is 0 Å². The highest BCUT2D eigenvalue weighted by atomic mass is 16.3. The molecule has 0 saturated heterocycles. The molecular weight excluding hydrogens is 336 g/mol. The third-order valence-electron chi connectivity index (χ3n) is 4.67. The van der Waals surface area contributed by atoms with E-state index < -0.39 is 17.3 Å². The molecule has 1 unspecified atom stereocenters. The molecule has 9 heteroatoms. The van der Waals surface area contributed by atoms with Gasteiger partial charge in [-0.05, 0) is 5.56 Å². The van der Waals surface area contributed by atoms with Crippen LogP contribution in [0.5, 0.6) is 5.88 Å². The maximum atomic E-state index is 12.9. The van der Waals surface area contributed by atoms with E-state index in [0.29, 0.717) is 19.0 Å².